The number of methoxy groups -OCH3 is 1. The number of rotatable bonds is 3. The first kappa shape index (κ1) is 10.6. The van der Waals surface area contributed by atoms with E-state index in [2.05, 4.69) is 4.98 Å². The van der Waals surface area contributed by atoms with Gasteiger partial charge in [-0.05, 0) is 12.1 Å². The quantitative estimate of drug-likeness (QED) is 0.771. The lowest BCUT2D eigenvalue weighted by molar-refractivity contribution is 0.0591. The number of nitrogens with zero attached hydrogens (tertiary/aromatic N) is 2. The van der Waals surface area contributed by atoms with Crippen LogP contribution < -0.4 is 0 Å². The largest absolute Gasteiger partial charge is 0.464 e. The maximum atomic E-state index is 11.5. The number of hydrogen-bond acceptors (Lipinski definition) is 4. The third-order valence-electron chi connectivity index (χ3n) is 2.35. The van der Waals surface area contributed by atoms with Crippen LogP contribution >= 0.6 is 0 Å². The van der Waals surface area contributed by atoms with Crippen molar-refractivity contribution in [3.8, 4) is 0 Å². The number of carbonyl (C=O) groups excluding carboxylic acids is 1. The molecule has 0 spiro atoms. The zero-order chi connectivity index (χ0) is 11.5. The number of hydrogen-bond donors (Lipinski definition) is 1. The highest BCUT2D eigenvalue weighted by Crippen LogP contribution is 2.12. The highest BCUT2D eigenvalue weighted by molar-refractivity contribution is 5.88. The molecular formula is C11H12N2O3. The molecule has 0 bridgehead atoms. The fourth-order valence-corrected chi connectivity index (χ4v) is 1.65. The Labute approximate surface area is 92.3 Å². The molecule has 2 aromatic rings. The van der Waals surface area contributed by atoms with Crippen molar-refractivity contribution in [1.29, 1.82) is 0 Å². The molecule has 0 fully saturated rings. The molecule has 0 saturated heterocycles. The van der Waals surface area contributed by atoms with Gasteiger partial charge in [0.2, 0.25) is 0 Å². The van der Waals surface area contributed by atoms with Crippen LogP contribution in [0.3, 0.4) is 0 Å². The zero-order valence-corrected chi connectivity index (χ0v) is 8.88. The summed E-state index contributed by atoms with van der Waals surface area (Å²) < 4.78 is 6.39. The lowest BCUT2D eigenvalue weighted by atomic mass is 10.3. The van der Waals surface area contributed by atoms with E-state index in [0.717, 1.165) is 5.52 Å². The Morgan fingerprint density at radius 3 is 3.06 bits per heavy atom. The highest BCUT2D eigenvalue weighted by Gasteiger charge is 2.13. The molecule has 16 heavy (non-hydrogen) atoms. The molecule has 0 aliphatic carbocycles. The Morgan fingerprint density at radius 2 is 2.38 bits per heavy atom. The molecule has 2 rings (SSSR count). The van der Waals surface area contributed by atoms with Crippen molar-refractivity contribution in [2.45, 2.75) is 6.42 Å². The second-order valence-corrected chi connectivity index (χ2v) is 3.31. The van der Waals surface area contributed by atoms with E-state index >= 15 is 0 Å². The van der Waals surface area contributed by atoms with Gasteiger partial charge >= 0.3 is 5.97 Å². The molecule has 5 nitrogen and oxygen atoms in total. The molecule has 1 N–H and O–H groups in total. The van der Waals surface area contributed by atoms with E-state index in [1.165, 1.54) is 7.11 Å². The number of pyridine rings is 1. The minimum atomic E-state index is -0.414. The molecule has 2 heterocycles. The van der Waals surface area contributed by atoms with Crippen LogP contribution in [-0.2, 0) is 11.2 Å². The Hall–Kier alpha value is -1.88. The standard InChI is InChI=1S/C11H12N2O3/c1-16-11(15)9-4-2-3-8-7-12-10(5-6-14)13(8)9/h2-4,7,14H,5-6H2,1H3. The number of fused-ring (bicyclic) bond motifs is 1. The SMILES string of the molecule is COC(=O)c1cccc2cnc(CCO)n12. The first-order valence-corrected chi connectivity index (χ1v) is 4.92. The van der Waals surface area contributed by atoms with E-state index in [1.54, 1.807) is 22.7 Å². The van der Waals surface area contributed by atoms with Crippen molar-refractivity contribution in [2.75, 3.05) is 13.7 Å². The molecule has 0 atom stereocenters. The second-order valence-electron chi connectivity index (χ2n) is 3.31. The maximum Gasteiger partial charge on any atom is 0.355 e. The summed E-state index contributed by atoms with van der Waals surface area (Å²) in [7, 11) is 1.34. The Bertz CT molecular complexity index is 519. The lowest BCUT2D eigenvalue weighted by Crippen LogP contribution is -2.10. The molecule has 2 aromatic heterocycles. The van der Waals surface area contributed by atoms with Crippen LogP contribution in [0.2, 0.25) is 0 Å². The minimum absolute atomic E-state index is 0.00534. The van der Waals surface area contributed by atoms with Crippen LogP contribution in [0.25, 0.3) is 5.52 Å². The summed E-state index contributed by atoms with van der Waals surface area (Å²) in [6, 6.07) is 5.29. The van der Waals surface area contributed by atoms with Crippen LogP contribution in [-0.4, -0.2) is 34.2 Å². The number of aliphatic hydroxyl groups is 1. The molecule has 0 radical (unpaired) electrons. The van der Waals surface area contributed by atoms with Crippen molar-refractivity contribution in [3.05, 3.63) is 35.9 Å². The first-order valence-electron chi connectivity index (χ1n) is 4.92. The normalized spacial score (nSPS) is 10.6. The number of imidazole rings is 1. The third-order valence-corrected chi connectivity index (χ3v) is 2.35. The van der Waals surface area contributed by atoms with E-state index in [1.807, 2.05) is 6.07 Å². The topological polar surface area (TPSA) is 63.8 Å². The fraction of sp³-hybridized carbons (Fsp3) is 0.273. The predicted octanol–water partition coefficient (Wildman–Crippen LogP) is 0.656. The number of aliphatic hydroxyl groups excluding tert-OH is 1. The second kappa shape index (κ2) is 4.32. The van der Waals surface area contributed by atoms with Crippen molar-refractivity contribution in [1.82, 2.24) is 9.38 Å². The summed E-state index contributed by atoms with van der Waals surface area (Å²) in [5.41, 5.74) is 1.23. The average Bonchev–Trinajstić information content (AvgIpc) is 2.72. The van der Waals surface area contributed by atoms with Gasteiger partial charge < -0.3 is 9.84 Å². The molecule has 5 heteroatoms. The van der Waals surface area contributed by atoms with Crippen LogP contribution in [0.1, 0.15) is 16.3 Å². The number of carbonyl (C=O) groups is 1. The zero-order valence-electron chi connectivity index (χ0n) is 8.88. The average molecular weight is 220 g/mol. The third kappa shape index (κ3) is 1.65. The van der Waals surface area contributed by atoms with Gasteiger partial charge in [-0.3, -0.25) is 4.40 Å². The monoisotopic (exact) mass is 220 g/mol. The number of esters is 1. The number of ether oxygens (including phenoxy) is 1. The van der Waals surface area contributed by atoms with E-state index in [0.29, 0.717) is 17.9 Å². The van der Waals surface area contributed by atoms with Crippen LogP contribution in [0.4, 0.5) is 0 Å². The lowest BCUT2D eigenvalue weighted by Gasteiger charge is -2.05. The summed E-state index contributed by atoms with van der Waals surface area (Å²) in [5.74, 6) is 0.237. The van der Waals surface area contributed by atoms with E-state index in [9.17, 15) is 4.79 Å². The van der Waals surface area contributed by atoms with Crippen molar-refractivity contribution < 1.29 is 14.6 Å². The minimum Gasteiger partial charge on any atom is -0.464 e. The Kier molecular flexibility index (Phi) is 2.87. The summed E-state index contributed by atoms with van der Waals surface area (Å²) in [6.07, 6.45) is 2.07. The first-order chi connectivity index (χ1) is 7.77. The summed E-state index contributed by atoms with van der Waals surface area (Å²) in [5, 5.41) is 8.91. The summed E-state index contributed by atoms with van der Waals surface area (Å²) >= 11 is 0. The van der Waals surface area contributed by atoms with Crippen molar-refractivity contribution in [2.24, 2.45) is 0 Å². The van der Waals surface area contributed by atoms with Crippen LogP contribution in [0, 0.1) is 0 Å². The van der Waals surface area contributed by atoms with Gasteiger partial charge in [0, 0.05) is 6.42 Å². The van der Waals surface area contributed by atoms with Gasteiger partial charge in [0.15, 0.2) is 0 Å². The molecular weight excluding hydrogens is 208 g/mol. The Morgan fingerprint density at radius 1 is 1.56 bits per heavy atom. The summed E-state index contributed by atoms with van der Waals surface area (Å²) in [6.45, 7) is -0.00534. The fourth-order valence-electron chi connectivity index (χ4n) is 1.65. The Balaban J connectivity index is 2.63. The van der Waals surface area contributed by atoms with Gasteiger partial charge in [-0.25, -0.2) is 9.78 Å². The summed E-state index contributed by atoms with van der Waals surface area (Å²) in [4.78, 5) is 15.7. The van der Waals surface area contributed by atoms with Gasteiger partial charge in [-0.2, -0.15) is 0 Å². The van der Waals surface area contributed by atoms with Gasteiger partial charge in [-0.1, -0.05) is 6.07 Å². The van der Waals surface area contributed by atoms with E-state index < -0.39 is 5.97 Å². The smallest absolute Gasteiger partial charge is 0.355 e. The van der Waals surface area contributed by atoms with Gasteiger partial charge in [0.05, 0.1) is 25.4 Å². The van der Waals surface area contributed by atoms with Crippen LogP contribution in [0.5, 0.6) is 0 Å². The van der Waals surface area contributed by atoms with Gasteiger partial charge in [0.1, 0.15) is 11.5 Å². The maximum absolute atomic E-state index is 11.5. The molecule has 0 amide bonds. The van der Waals surface area contributed by atoms with Crippen LogP contribution in [0.15, 0.2) is 24.4 Å². The highest BCUT2D eigenvalue weighted by atomic mass is 16.5. The van der Waals surface area contributed by atoms with E-state index in [4.69, 9.17) is 9.84 Å². The van der Waals surface area contributed by atoms with E-state index in [-0.39, 0.29) is 6.61 Å². The number of aromatic nitrogens is 2. The van der Waals surface area contributed by atoms with Gasteiger partial charge in [0.25, 0.3) is 0 Å². The molecule has 84 valence electrons. The van der Waals surface area contributed by atoms with Crippen molar-refractivity contribution in [3.63, 3.8) is 0 Å². The molecule has 0 aromatic carbocycles. The molecule has 0 aliphatic rings. The van der Waals surface area contributed by atoms with Gasteiger partial charge in [-0.15, -0.1) is 0 Å². The molecule has 0 aliphatic heterocycles. The predicted molar refractivity (Wildman–Crippen MR) is 57.3 cm³/mol. The molecule has 0 unspecified atom stereocenters. The molecule has 0 saturated carbocycles. The van der Waals surface area contributed by atoms with Crippen molar-refractivity contribution >= 4 is 11.5 Å².